The number of nitrogens with zero attached hydrogens (tertiary/aromatic N) is 5. The summed E-state index contributed by atoms with van der Waals surface area (Å²) in [6.45, 7) is 4.08. The van der Waals surface area contributed by atoms with Crippen LogP contribution in [0.4, 0.5) is 4.39 Å². The third-order valence-corrected chi connectivity index (χ3v) is 7.59. The van der Waals surface area contributed by atoms with Crippen LogP contribution in [0.3, 0.4) is 0 Å². The van der Waals surface area contributed by atoms with E-state index in [1.807, 2.05) is 24.3 Å². The van der Waals surface area contributed by atoms with Crippen LogP contribution >= 0.6 is 0 Å². The lowest BCUT2D eigenvalue weighted by atomic mass is 10.1. The maximum atomic E-state index is 13.2. The van der Waals surface area contributed by atoms with Crippen molar-refractivity contribution in [3.8, 4) is 5.69 Å². The predicted octanol–water partition coefficient (Wildman–Crippen LogP) is 2.00. The van der Waals surface area contributed by atoms with Crippen LogP contribution in [-0.2, 0) is 0 Å². The number of nitrogens with one attached hydrogen (secondary N) is 2. The number of benzene rings is 2. The van der Waals surface area contributed by atoms with Crippen molar-refractivity contribution in [2.75, 3.05) is 39.8 Å². The minimum absolute atomic E-state index is 0.208. The summed E-state index contributed by atoms with van der Waals surface area (Å²) >= 11 is 0. The van der Waals surface area contributed by atoms with Gasteiger partial charge < -0.3 is 20.6 Å². The van der Waals surface area contributed by atoms with Gasteiger partial charge in [0.25, 0.3) is 5.91 Å². The van der Waals surface area contributed by atoms with E-state index in [4.69, 9.17) is 0 Å². The second kappa shape index (κ2) is 12.1. The van der Waals surface area contributed by atoms with Crippen LogP contribution in [0, 0.1) is 5.82 Å². The Balaban J connectivity index is 1.16. The quantitative estimate of drug-likeness (QED) is 0.332. The molecule has 2 aromatic carbocycles. The Morgan fingerprint density at radius 1 is 1.11 bits per heavy atom. The van der Waals surface area contributed by atoms with E-state index in [-0.39, 0.29) is 11.7 Å². The number of aliphatic hydroxyl groups excluding tert-OH is 1. The SMILES string of the molecule is CN1CCN([C@@H](O)[C@H](CCCN[C@@H]2C[C@H]2c2ccc(F)cc2)NC(=O)c2ccc(-n3ccnn3)cc2)CC1. The number of amides is 1. The molecule has 0 spiro atoms. The molecular formula is C28H36FN7O2. The molecule has 1 aliphatic carbocycles. The van der Waals surface area contributed by atoms with Crippen molar-refractivity contribution < 1.29 is 14.3 Å². The van der Waals surface area contributed by atoms with Gasteiger partial charge in [-0.15, -0.1) is 5.10 Å². The van der Waals surface area contributed by atoms with E-state index in [1.165, 1.54) is 12.1 Å². The molecule has 202 valence electrons. The first-order valence-corrected chi connectivity index (χ1v) is 13.3. The molecule has 0 radical (unpaired) electrons. The Bertz CT molecular complexity index is 1160. The first-order valence-electron chi connectivity index (χ1n) is 13.3. The molecule has 1 amide bonds. The van der Waals surface area contributed by atoms with E-state index < -0.39 is 12.3 Å². The number of halogens is 1. The summed E-state index contributed by atoms with van der Waals surface area (Å²) in [6, 6.07) is 13.9. The molecule has 2 fully saturated rings. The minimum atomic E-state index is -0.755. The Kier molecular flexibility index (Phi) is 8.43. The molecule has 10 heteroatoms. The van der Waals surface area contributed by atoms with Crippen molar-refractivity contribution in [3.05, 3.63) is 77.9 Å². The second-order valence-corrected chi connectivity index (χ2v) is 10.3. The summed E-state index contributed by atoms with van der Waals surface area (Å²) in [5, 5.41) is 25.7. The van der Waals surface area contributed by atoms with Crippen LogP contribution < -0.4 is 10.6 Å². The molecule has 1 aliphatic heterocycles. The molecule has 9 nitrogen and oxygen atoms in total. The topological polar surface area (TPSA) is 98.6 Å². The Morgan fingerprint density at radius 2 is 1.84 bits per heavy atom. The third kappa shape index (κ3) is 6.63. The number of rotatable bonds is 11. The lowest BCUT2D eigenvalue weighted by Crippen LogP contribution is -2.57. The predicted molar refractivity (Wildman–Crippen MR) is 142 cm³/mol. The molecule has 38 heavy (non-hydrogen) atoms. The maximum Gasteiger partial charge on any atom is 0.251 e. The molecule has 2 aliphatic rings. The average molecular weight is 522 g/mol. The number of aliphatic hydroxyl groups is 1. The van der Waals surface area contributed by atoms with Gasteiger partial charge in [0.15, 0.2) is 0 Å². The van der Waals surface area contributed by atoms with Crippen molar-refractivity contribution >= 4 is 5.91 Å². The zero-order valence-electron chi connectivity index (χ0n) is 21.7. The third-order valence-electron chi connectivity index (χ3n) is 7.59. The molecule has 1 aromatic heterocycles. The van der Waals surface area contributed by atoms with Crippen molar-refractivity contribution in [2.24, 2.45) is 0 Å². The van der Waals surface area contributed by atoms with Gasteiger partial charge in [0.1, 0.15) is 12.0 Å². The van der Waals surface area contributed by atoms with Gasteiger partial charge in [-0.2, -0.15) is 0 Å². The van der Waals surface area contributed by atoms with Gasteiger partial charge in [0, 0.05) is 43.7 Å². The maximum absolute atomic E-state index is 13.2. The van der Waals surface area contributed by atoms with Gasteiger partial charge in [-0.1, -0.05) is 17.3 Å². The van der Waals surface area contributed by atoms with E-state index in [2.05, 4.69) is 37.8 Å². The summed E-state index contributed by atoms with van der Waals surface area (Å²) in [7, 11) is 2.08. The summed E-state index contributed by atoms with van der Waals surface area (Å²) in [4.78, 5) is 17.4. The Hall–Kier alpha value is -3.18. The minimum Gasteiger partial charge on any atom is -0.376 e. The van der Waals surface area contributed by atoms with Crippen molar-refractivity contribution in [3.63, 3.8) is 0 Å². The molecule has 5 rings (SSSR count). The first kappa shape index (κ1) is 26.4. The lowest BCUT2D eigenvalue weighted by Gasteiger charge is -2.39. The van der Waals surface area contributed by atoms with Crippen LogP contribution in [0.1, 0.15) is 41.1 Å². The number of likely N-dealkylation sites (N-methyl/N-ethyl adjacent to an activating group) is 1. The van der Waals surface area contributed by atoms with Crippen LogP contribution in [0.2, 0.25) is 0 Å². The van der Waals surface area contributed by atoms with Crippen LogP contribution in [-0.4, -0.2) is 93.9 Å². The van der Waals surface area contributed by atoms with Gasteiger partial charge in [0.05, 0.1) is 24.1 Å². The van der Waals surface area contributed by atoms with Crippen molar-refractivity contribution in [1.29, 1.82) is 0 Å². The van der Waals surface area contributed by atoms with Crippen molar-refractivity contribution in [2.45, 2.75) is 43.5 Å². The monoisotopic (exact) mass is 521 g/mol. The average Bonchev–Trinajstić information content (AvgIpc) is 3.49. The van der Waals surface area contributed by atoms with Crippen LogP contribution in [0.15, 0.2) is 60.9 Å². The number of aromatic nitrogens is 3. The number of carbonyl (C=O) groups is 1. The smallest absolute Gasteiger partial charge is 0.251 e. The lowest BCUT2D eigenvalue weighted by molar-refractivity contribution is -0.0448. The van der Waals surface area contributed by atoms with Crippen LogP contribution in [0.25, 0.3) is 5.69 Å². The highest BCUT2D eigenvalue weighted by molar-refractivity contribution is 5.94. The zero-order valence-corrected chi connectivity index (χ0v) is 21.7. The number of hydrogen-bond donors (Lipinski definition) is 3. The zero-order chi connectivity index (χ0) is 26.5. The number of piperazine rings is 1. The van der Waals surface area contributed by atoms with Gasteiger partial charge in [-0.05, 0) is 74.8 Å². The summed E-state index contributed by atoms with van der Waals surface area (Å²) in [6.07, 6.45) is 5.10. The number of hydrogen-bond acceptors (Lipinski definition) is 7. The first-order chi connectivity index (χ1) is 18.5. The molecule has 1 saturated carbocycles. The van der Waals surface area contributed by atoms with Gasteiger partial charge in [0.2, 0.25) is 0 Å². The summed E-state index contributed by atoms with van der Waals surface area (Å²) in [5.41, 5.74) is 2.51. The molecule has 0 unspecified atom stereocenters. The molecular weight excluding hydrogens is 485 g/mol. The second-order valence-electron chi connectivity index (χ2n) is 10.3. The van der Waals surface area contributed by atoms with Crippen molar-refractivity contribution in [1.82, 2.24) is 35.4 Å². The molecule has 4 atom stereocenters. The highest BCUT2D eigenvalue weighted by Crippen LogP contribution is 2.40. The Morgan fingerprint density at radius 3 is 2.53 bits per heavy atom. The largest absolute Gasteiger partial charge is 0.376 e. The van der Waals surface area contributed by atoms with Crippen LogP contribution in [0.5, 0.6) is 0 Å². The highest BCUT2D eigenvalue weighted by Gasteiger charge is 2.37. The fourth-order valence-corrected chi connectivity index (χ4v) is 5.11. The van der Waals surface area contributed by atoms with Gasteiger partial charge >= 0.3 is 0 Å². The molecule has 0 bridgehead atoms. The molecule has 1 saturated heterocycles. The summed E-state index contributed by atoms with van der Waals surface area (Å²) < 4.78 is 14.8. The fraction of sp³-hybridized carbons (Fsp3) is 0.464. The van der Waals surface area contributed by atoms with E-state index in [9.17, 15) is 14.3 Å². The highest BCUT2D eigenvalue weighted by atomic mass is 19.1. The number of carbonyl (C=O) groups excluding carboxylic acids is 1. The molecule has 2 heterocycles. The molecule has 3 N–H and O–H groups in total. The van der Waals surface area contributed by atoms with E-state index in [0.29, 0.717) is 23.9 Å². The summed E-state index contributed by atoms with van der Waals surface area (Å²) in [5.74, 6) is -0.000533. The normalized spacial score (nSPS) is 21.7. The van der Waals surface area contributed by atoms with Gasteiger partial charge in [-0.25, -0.2) is 9.07 Å². The van der Waals surface area contributed by atoms with E-state index in [0.717, 1.165) is 56.8 Å². The van der Waals surface area contributed by atoms with Gasteiger partial charge in [-0.3, -0.25) is 9.69 Å². The fourth-order valence-electron chi connectivity index (χ4n) is 5.11. The Labute approximate surface area is 222 Å². The van der Waals surface area contributed by atoms with E-state index >= 15 is 0 Å². The standard InChI is InChI=1S/C28H36FN7O2/c1-34-15-17-35(18-16-34)28(38)25(3-2-12-30-26-19-24(26)20-4-8-22(29)9-5-20)32-27(37)21-6-10-23(11-7-21)36-14-13-31-33-36/h4-11,13-14,24-26,28,30,38H,2-3,12,15-19H2,1H3,(H,32,37)/t24-,25-,26+,28-/m0/s1. The molecule has 3 aromatic rings. The van der Waals surface area contributed by atoms with E-state index in [1.54, 1.807) is 29.2 Å².